The van der Waals surface area contributed by atoms with E-state index in [1.54, 1.807) is 36.7 Å². The second kappa shape index (κ2) is 6.54. The third kappa shape index (κ3) is 3.35. The molecule has 0 fully saturated rings. The molecule has 0 amide bonds. The molecule has 1 heterocycles. The minimum Gasteiger partial charge on any atom is -0.504 e. The number of anilines is 1. The van der Waals surface area contributed by atoms with Crippen LogP contribution >= 0.6 is 11.6 Å². The summed E-state index contributed by atoms with van der Waals surface area (Å²) >= 11 is 5.97. The number of nitrogens with one attached hydrogen (secondary N) is 1. The zero-order valence-electron chi connectivity index (χ0n) is 12.3. The van der Waals surface area contributed by atoms with Crippen molar-refractivity contribution in [1.82, 2.24) is 4.98 Å². The molecule has 0 aliphatic heterocycles. The first-order valence-electron chi connectivity index (χ1n) is 6.88. The summed E-state index contributed by atoms with van der Waals surface area (Å²) in [5, 5.41) is 15.4. The predicted molar refractivity (Wildman–Crippen MR) is 92.6 cm³/mol. The van der Waals surface area contributed by atoms with Crippen molar-refractivity contribution in [3.05, 3.63) is 59.2 Å². The molecule has 0 aliphatic rings. The van der Waals surface area contributed by atoms with E-state index in [1.165, 1.54) is 7.11 Å². The number of ether oxygens (including phenoxy) is 1. The highest BCUT2D eigenvalue weighted by Crippen LogP contribution is 2.26. The summed E-state index contributed by atoms with van der Waals surface area (Å²) in [6.07, 6.45) is 3.34. The number of fused-ring (bicyclic) bond motifs is 1. The van der Waals surface area contributed by atoms with Crippen LogP contribution in [-0.2, 0) is 0 Å². The summed E-state index contributed by atoms with van der Waals surface area (Å²) in [6, 6.07) is 12.3. The van der Waals surface area contributed by atoms with Gasteiger partial charge in [-0.05, 0) is 48.0 Å². The smallest absolute Gasteiger partial charge is 0.161 e. The number of pyridine rings is 1. The summed E-state index contributed by atoms with van der Waals surface area (Å²) < 4.78 is 5.07. The summed E-state index contributed by atoms with van der Waals surface area (Å²) in [7, 11) is 1.50. The Balaban J connectivity index is 1.83. The van der Waals surface area contributed by atoms with Gasteiger partial charge in [-0.2, -0.15) is 5.10 Å². The summed E-state index contributed by atoms with van der Waals surface area (Å²) in [4.78, 5) is 4.28. The van der Waals surface area contributed by atoms with E-state index in [1.807, 2.05) is 18.2 Å². The largest absolute Gasteiger partial charge is 0.504 e. The average molecular weight is 328 g/mol. The average Bonchev–Trinajstić information content (AvgIpc) is 2.56. The molecular formula is C17H14ClN3O2. The van der Waals surface area contributed by atoms with Gasteiger partial charge in [0, 0.05) is 16.6 Å². The number of aromatic nitrogens is 1. The summed E-state index contributed by atoms with van der Waals surface area (Å²) in [5.41, 5.74) is 5.41. The van der Waals surface area contributed by atoms with E-state index < -0.39 is 0 Å². The van der Waals surface area contributed by atoms with Crippen LogP contribution in [0.5, 0.6) is 11.5 Å². The quantitative estimate of drug-likeness (QED) is 0.560. The molecule has 0 bridgehead atoms. The lowest BCUT2D eigenvalue weighted by Crippen LogP contribution is -1.93. The highest BCUT2D eigenvalue weighted by Gasteiger charge is 2.03. The molecule has 0 saturated heterocycles. The van der Waals surface area contributed by atoms with Gasteiger partial charge in [-0.3, -0.25) is 10.4 Å². The zero-order valence-corrected chi connectivity index (χ0v) is 13.1. The molecule has 0 saturated carbocycles. The lowest BCUT2D eigenvalue weighted by atomic mass is 10.2. The fraction of sp³-hybridized carbons (Fsp3) is 0.0588. The molecule has 0 radical (unpaired) electrons. The first-order valence-corrected chi connectivity index (χ1v) is 7.25. The minimum absolute atomic E-state index is 0.0922. The van der Waals surface area contributed by atoms with Crippen molar-refractivity contribution >= 4 is 34.4 Å². The van der Waals surface area contributed by atoms with E-state index in [4.69, 9.17) is 16.3 Å². The van der Waals surface area contributed by atoms with Crippen LogP contribution in [0, 0.1) is 0 Å². The maximum absolute atomic E-state index is 9.58. The van der Waals surface area contributed by atoms with Crippen LogP contribution in [0.2, 0.25) is 5.02 Å². The van der Waals surface area contributed by atoms with Gasteiger partial charge >= 0.3 is 0 Å². The van der Waals surface area contributed by atoms with Crippen LogP contribution in [-0.4, -0.2) is 23.4 Å². The van der Waals surface area contributed by atoms with Crippen molar-refractivity contribution in [2.75, 3.05) is 12.5 Å². The van der Waals surface area contributed by atoms with Gasteiger partial charge in [0.1, 0.15) is 0 Å². The molecule has 0 aliphatic carbocycles. The number of methoxy groups -OCH3 is 1. The Hall–Kier alpha value is -2.79. The van der Waals surface area contributed by atoms with Crippen LogP contribution in [0.1, 0.15) is 5.56 Å². The molecule has 3 aromatic rings. The molecule has 5 nitrogen and oxygen atoms in total. The molecule has 6 heteroatoms. The molecule has 0 unspecified atom stereocenters. The van der Waals surface area contributed by atoms with Gasteiger partial charge in [-0.25, -0.2) is 0 Å². The normalized spacial score (nSPS) is 11.0. The monoisotopic (exact) mass is 327 g/mol. The number of nitrogens with zero attached hydrogens (tertiary/aromatic N) is 2. The van der Waals surface area contributed by atoms with E-state index in [9.17, 15) is 5.11 Å². The fourth-order valence-corrected chi connectivity index (χ4v) is 2.34. The van der Waals surface area contributed by atoms with E-state index in [0.29, 0.717) is 10.8 Å². The minimum atomic E-state index is 0.0922. The number of aromatic hydroxyl groups is 1. The topological polar surface area (TPSA) is 66.7 Å². The van der Waals surface area contributed by atoms with E-state index in [-0.39, 0.29) is 5.75 Å². The molecule has 2 N–H and O–H groups in total. The first-order chi connectivity index (χ1) is 11.2. The van der Waals surface area contributed by atoms with E-state index in [2.05, 4.69) is 15.5 Å². The number of benzene rings is 2. The number of hydrogen-bond donors (Lipinski definition) is 2. The Labute approximate surface area is 138 Å². The van der Waals surface area contributed by atoms with Crippen molar-refractivity contribution < 1.29 is 9.84 Å². The van der Waals surface area contributed by atoms with Gasteiger partial charge in [-0.1, -0.05) is 11.6 Å². The SMILES string of the molecule is COc1cc(/C=N/Nc2ccnc3cc(Cl)ccc23)ccc1O. The second-order valence-electron chi connectivity index (χ2n) is 4.82. The number of hydrogen-bond acceptors (Lipinski definition) is 5. The van der Waals surface area contributed by atoms with Crippen molar-refractivity contribution in [3.8, 4) is 11.5 Å². The van der Waals surface area contributed by atoms with Crippen LogP contribution in [0.25, 0.3) is 10.9 Å². The number of rotatable bonds is 4. The van der Waals surface area contributed by atoms with Gasteiger partial charge in [0.05, 0.1) is 24.5 Å². The highest BCUT2D eigenvalue weighted by atomic mass is 35.5. The molecule has 3 rings (SSSR count). The molecule has 116 valence electrons. The Kier molecular flexibility index (Phi) is 4.30. The van der Waals surface area contributed by atoms with E-state index >= 15 is 0 Å². The second-order valence-corrected chi connectivity index (χ2v) is 5.26. The Bertz CT molecular complexity index is 881. The maximum atomic E-state index is 9.58. The third-order valence-electron chi connectivity index (χ3n) is 3.31. The summed E-state index contributed by atoms with van der Waals surface area (Å²) in [6.45, 7) is 0. The molecule has 23 heavy (non-hydrogen) atoms. The number of halogens is 1. The van der Waals surface area contributed by atoms with Crippen molar-refractivity contribution in [3.63, 3.8) is 0 Å². The third-order valence-corrected chi connectivity index (χ3v) is 3.54. The van der Waals surface area contributed by atoms with Crippen molar-refractivity contribution in [2.24, 2.45) is 5.10 Å². The van der Waals surface area contributed by atoms with Crippen LogP contribution in [0.4, 0.5) is 5.69 Å². The standard InChI is InChI=1S/C17H14ClN3O2/c1-23-17-8-11(2-5-16(17)22)10-20-21-14-6-7-19-15-9-12(18)3-4-13(14)15/h2-10,22H,1H3,(H,19,21)/b20-10+. The number of hydrazone groups is 1. The highest BCUT2D eigenvalue weighted by molar-refractivity contribution is 6.31. The van der Waals surface area contributed by atoms with Gasteiger partial charge in [0.15, 0.2) is 11.5 Å². The van der Waals surface area contributed by atoms with Crippen LogP contribution in [0.3, 0.4) is 0 Å². The molecule has 0 atom stereocenters. The lowest BCUT2D eigenvalue weighted by molar-refractivity contribution is 0.373. The Morgan fingerprint density at radius 2 is 2.09 bits per heavy atom. The zero-order chi connectivity index (χ0) is 16.2. The number of phenolic OH excluding ortho intramolecular Hbond substituents is 1. The molecule has 2 aromatic carbocycles. The van der Waals surface area contributed by atoms with Crippen molar-refractivity contribution in [1.29, 1.82) is 0 Å². The van der Waals surface area contributed by atoms with E-state index in [0.717, 1.165) is 22.2 Å². The molecule has 0 spiro atoms. The maximum Gasteiger partial charge on any atom is 0.161 e. The lowest BCUT2D eigenvalue weighted by Gasteiger charge is -2.06. The Morgan fingerprint density at radius 1 is 1.22 bits per heavy atom. The van der Waals surface area contributed by atoms with Crippen LogP contribution in [0.15, 0.2) is 53.8 Å². The predicted octanol–water partition coefficient (Wildman–Crippen LogP) is 4.05. The van der Waals surface area contributed by atoms with Crippen molar-refractivity contribution in [2.45, 2.75) is 0 Å². The number of phenols is 1. The van der Waals surface area contributed by atoms with Gasteiger partial charge < -0.3 is 9.84 Å². The molecule has 1 aromatic heterocycles. The first kappa shape index (κ1) is 15.1. The summed E-state index contributed by atoms with van der Waals surface area (Å²) in [5.74, 6) is 0.493. The fourth-order valence-electron chi connectivity index (χ4n) is 2.17. The van der Waals surface area contributed by atoms with Gasteiger partial charge in [-0.15, -0.1) is 0 Å². The Morgan fingerprint density at radius 3 is 2.91 bits per heavy atom. The van der Waals surface area contributed by atoms with Gasteiger partial charge in [0.2, 0.25) is 0 Å². The molecular weight excluding hydrogens is 314 g/mol. The van der Waals surface area contributed by atoms with Gasteiger partial charge in [0.25, 0.3) is 0 Å². The van der Waals surface area contributed by atoms with Crippen LogP contribution < -0.4 is 10.2 Å².